The second kappa shape index (κ2) is 7.78. The van der Waals surface area contributed by atoms with Crippen molar-refractivity contribution in [1.29, 1.82) is 0 Å². The minimum absolute atomic E-state index is 0.336. The average molecular weight is 473 g/mol. The van der Waals surface area contributed by atoms with Crippen LogP contribution in [0.2, 0.25) is 0 Å². The Kier molecular flexibility index (Phi) is 4.79. The summed E-state index contributed by atoms with van der Waals surface area (Å²) in [6.07, 6.45) is 4.34. The van der Waals surface area contributed by atoms with E-state index >= 15 is 0 Å². The quantitative estimate of drug-likeness (QED) is 0.418. The first-order chi connectivity index (χ1) is 16.9. The largest absolute Gasteiger partial charge is 0.390 e. The lowest BCUT2D eigenvalue weighted by molar-refractivity contribution is 0.109. The SMILES string of the molecule is Cc1c(-c2cnn(C)c2)nn(-c2ccccc2)c1NC(=O)NC1c2ccc(F)cc2C2(CC2)[C@H]1O. The van der Waals surface area contributed by atoms with E-state index in [1.807, 2.05) is 50.5 Å². The minimum atomic E-state index is -0.809. The van der Waals surface area contributed by atoms with Crippen LogP contribution >= 0.6 is 0 Å². The van der Waals surface area contributed by atoms with Crippen LogP contribution in [-0.4, -0.2) is 36.8 Å². The van der Waals surface area contributed by atoms with Crippen molar-refractivity contribution in [3.8, 4) is 16.9 Å². The second-order valence-corrected chi connectivity index (χ2v) is 9.38. The maximum Gasteiger partial charge on any atom is 0.320 e. The van der Waals surface area contributed by atoms with Crippen molar-refractivity contribution < 1.29 is 14.3 Å². The number of halogens is 1. The fourth-order valence-corrected chi connectivity index (χ4v) is 5.24. The van der Waals surface area contributed by atoms with Gasteiger partial charge in [0.05, 0.1) is 24.0 Å². The highest BCUT2D eigenvalue weighted by Gasteiger charge is 2.59. The van der Waals surface area contributed by atoms with Crippen LogP contribution in [0.3, 0.4) is 0 Å². The van der Waals surface area contributed by atoms with Crippen LogP contribution in [0.4, 0.5) is 15.0 Å². The standard InChI is InChI=1S/C26H25FN6O2/c1-15-21(16-13-28-32(2)14-16)31-33(18-6-4-3-5-7-18)24(15)30-25(35)29-22-19-9-8-17(27)12-20(19)26(10-11-26)23(22)34/h3-9,12-14,22-23,34H,10-11H2,1-2H3,(H2,29,30,35)/t22?,23-/m0/s1. The number of hydrogen-bond acceptors (Lipinski definition) is 4. The van der Waals surface area contributed by atoms with E-state index < -0.39 is 23.6 Å². The summed E-state index contributed by atoms with van der Waals surface area (Å²) in [6.45, 7) is 1.89. The van der Waals surface area contributed by atoms with Gasteiger partial charge in [0, 0.05) is 29.8 Å². The van der Waals surface area contributed by atoms with Crippen molar-refractivity contribution in [3.05, 3.63) is 83.4 Å². The summed E-state index contributed by atoms with van der Waals surface area (Å²) in [7, 11) is 1.84. The van der Waals surface area contributed by atoms with Gasteiger partial charge in [-0.15, -0.1) is 0 Å². The Morgan fingerprint density at radius 3 is 2.66 bits per heavy atom. The number of carbonyl (C=O) groups excluding carboxylic acids is 1. The number of fused-ring (bicyclic) bond motifs is 2. The van der Waals surface area contributed by atoms with Crippen LogP contribution in [0.5, 0.6) is 0 Å². The summed E-state index contributed by atoms with van der Waals surface area (Å²) in [4.78, 5) is 13.2. The molecule has 3 N–H and O–H groups in total. The molecule has 0 saturated heterocycles. The number of aromatic nitrogens is 4. The first-order valence-corrected chi connectivity index (χ1v) is 11.6. The van der Waals surface area contributed by atoms with Crippen molar-refractivity contribution >= 4 is 11.8 Å². The summed E-state index contributed by atoms with van der Waals surface area (Å²) in [5.41, 5.74) is 4.20. The fourth-order valence-electron chi connectivity index (χ4n) is 5.24. The summed E-state index contributed by atoms with van der Waals surface area (Å²) in [6, 6.07) is 13.0. The number of rotatable bonds is 4. The molecule has 35 heavy (non-hydrogen) atoms. The van der Waals surface area contributed by atoms with E-state index in [1.54, 1.807) is 21.6 Å². The van der Waals surface area contributed by atoms with Gasteiger partial charge in [-0.1, -0.05) is 24.3 Å². The van der Waals surface area contributed by atoms with Gasteiger partial charge < -0.3 is 10.4 Å². The van der Waals surface area contributed by atoms with E-state index in [2.05, 4.69) is 15.7 Å². The maximum absolute atomic E-state index is 13.9. The normalized spacial score (nSPS) is 19.5. The van der Waals surface area contributed by atoms with Gasteiger partial charge in [0.1, 0.15) is 17.3 Å². The summed E-state index contributed by atoms with van der Waals surface area (Å²) < 4.78 is 17.3. The molecule has 9 heteroatoms. The highest BCUT2D eigenvalue weighted by molar-refractivity contribution is 5.91. The molecule has 0 bridgehead atoms. The smallest absolute Gasteiger partial charge is 0.320 e. The Morgan fingerprint density at radius 1 is 1.20 bits per heavy atom. The Hall–Kier alpha value is -3.98. The Bertz CT molecular complexity index is 1440. The van der Waals surface area contributed by atoms with Gasteiger partial charge in [0.25, 0.3) is 0 Å². The number of aliphatic hydroxyl groups is 1. The molecule has 1 saturated carbocycles. The number of anilines is 1. The molecule has 6 rings (SSSR count). The number of carbonyl (C=O) groups is 1. The molecule has 0 radical (unpaired) electrons. The minimum Gasteiger partial charge on any atom is -0.390 e. The molecule has 2 aromatic carbocycles. The van der Waals surface area contributed by atoms with E-state index in [4.69, 9.17) is 5.10 Å². The van der Waals surface area contributed by atoms with Crippen LogP contribution in [0.15, 0.2) is 60.9 Å². The molecule has 1 unspecified atom stereocenters. The zero-order chi connectivity index (χ0) is 24.3. The fraction of sp³-hybridized carbons (Fsp3) is 0.269. The molecule has 2 heterocycles. The maximum atomic E-state index is 13.9. The Balaban J connectivity index is 1.33. The number of aliphatic hydroxyl groups excluding tert-OH is 1. The van der Waals surface area contributed by atoms with Crippen molar-refractivity contribution in [2.45, 2.75) is 37.3 Å². The Labute approximate surface area is 201 Å². The van der Waals surface area contributed by atoms with E-state index in [1.165, 1.54) is 12.1 Å². The van der Waals surface area contributed by atoms with Crippen LogP contribution < -0.4 is 10.6 Å². The molecule has 1 spiro atoms. The average Bonchev–Trinajstić information content (AvgIpc) is 3.39. The lowest BCUT2D eigenvalue weighted by Crippen LogP contribution is -2.39. The molecule has 4 aromatic rings. The van der Waals surface area contributed by atoms with Crippen LogP contribution in [0.25, 0.3) is 16.9 Å². The molecule has 178 valence electrons. The van der Waals surface area contributed by atoms with Crippen molar-refractivity contribution in [1.82, 2.24) is 24.9 Å². The molecular formula is C26H25FN6O2. The van der Waals surface area contributed by atoms with Crippen molar-refractivity contribution in [2.75, 3.05) is 5.32 Å². The third-order valence-electron chi connectivity index (χ3n) is 7.18. The second-order valence-electron chi connectivity index (χ2n) is 9.38. The number of amides is 2. The number of nitrogens with zero attached hydrogens (tertiary/aromatic N) is 4. The molecule has 8 nitrogen and oxygen atoms in total. The number of urea groups is 1. The van der Waals surface area contributed by atoms with E-state index in [9.17, 15) is 14.3 Å². The number of nitrogens with one attached hydrogen (secondary N) is 2. The lowest BCUT2D eigenvalue weighted by atomic mass is 9.96. The highest BCUT2D eigenvalue weighted by atomic mass is 19.1. The van der Waals surface area contributed by atoms with E-state index in [-0.39, 0.29) is 5.82 Å². The first kappa shape index (κ1) is 21.5. The third kappa shape index (κ3) is 3.42. The molecule has 2 aliphatic carbocycles. The van der Waals surface area contributed by atoms with Gasteiger partial charge in [0.2, 0.25) is 0 Å². The number of hydrogen-bond donors (Lipinski definition) is 3. The number of aryl methyl sites for hydroxylation is 1. The molecule has 0 aliphatic heterocycles. The van der Waals surface area contributed by atoms with Crippen molar-refractivity contribution in [2.24, 2.45) is 7.05 Å². The van der Waals surface area contributed by atoms with Gasteiger partial charge in [-0.25, -0.2) is 13.9 Å². The number of para-hydroxylation sites is 1. The van der Waals surface area contributed by atoms with Gasteiger partial charge in [0.15, 0.2) is 0 Å². The third-order valence-corrected chi connectivity index (χ3v) is 7.18. The van der Waals surface area contributed by atoms with Gasteiger partial charge in [-0.05, 0) is 55.2 Å². The van der Waals surface area contributed by atoms with Crippen LogP contribution in [0, 0.1) is 12.7 Å². The molecule has 2 atom stereocenters. The molecule has 1 fully saturated rings. The summed E-state index contributed by atoms with van der Waals surface area (Å²) in [5.74, 6) is 0.179. The van der Waals surface area contributed by atoms with Gasteiger partial charge >= 0.3 is 6.03 Å². The van der Waals surface area contributed by atoms with E-state index in [0.717, 1.165) is 40.8 Å². The molecular weight excluding hydrogens is 447 g/mol. The number of benzene rings is 2. The van der Waals surface area contributed by atoms with Crippen LogP contribution in [0.1, 0.15) is 35.6 Å². The van der Waals surface area contributed by atoms with Gasteiger partial charge in [-0.3, -0.25) is 10.00 Å². The molecule has 2 aliphatic rings. The predicted octanol–water partition coefficient (Wildman–Crippen LogP) is 3.99. The molecule has 2 aromatic heterocycles. The zero-order valence-electron chi connectivity index (χ0n) is 19.4. The summed E-state index contributed by atoms with van der Waals surface area (Å²) >= 11 is 0. The molecule has 2 amide bonds. The first-order valence-electron chi connectivity index (χ1n) is 11.6. The summed E-state index contributed by atoms with van der Waals surface area (Å²) in [5, 5.41) is 25.9. The highest BCUT2D eigenvalue weighted by Crippen LogP contribution is 2.60. The lowest BCUT2D eigenvalue weighted by Gasteiger charge is -2.21. The van der Waals surface area contributed by atoms with E-state index in [0.29, 0.717) is 11.5 Å². The zero-order valence-corrected chi connectivity index (χ0v) is 19.4. The predicted molar refractivity (Wildman–Crippen MR) is 129 cm³/mol. The monoisotopic (exact) mass is 472 g/mol. The topological polar surface area (TPSA) is 97.0 Å². The Morgan fingerprint density at radius 2 is 1.97 bits per heavy atom. The van der Waals surface area contributed by atoms with Crippen molar-refractivity contribution in [3.63, 3.8) is 0 Å². The van der Waals surface area contributed by atoms with Crippen LogP contribution in [-0.2, 0) is 12.5 Å². The van der Waals surface area contributed by atoms with Gasteiger partial charge in [-0.2, -0.15) is 10.2 Å².